The number of ether oxygens (including phenoxy) is 2. The van der Waals surface area contributed by atoms with Gasteiger partial charge in [0.25, 0.3) is 0 Å². The fourth-order valence-corrected chi connectivity index (χ4v) is 3.14. The first kappa shape index (κ1) is 12.5. The zero-order valence-electron chi connectivity index (χ0n) is 10.2. The maximum atomic E-state index is 12.4. The van der Waals surface area contributed by atoms with E-state index >= 15 is 0 Å². The molecule has 1 aliphatic rings. The number of carbonyl (C=O) groups excluding carboxylic acids is 1. The molecule has 1 aromatic carbocycles. The minimum Gasteiger partial charge on any atom is -0.486 e. The van der Waals surface area contributed by atoms with Crippen molar-refractivity contribution in [3.63, 3.8) is 0 Å². The maximum absolute atomic E-state index is 12.4. The number of thiophene rings is 1. The number of hydrogen-bond acceptors (Lipinski definition) is 4. The lowest BCUT2D eigenvalue weighted by Gasteiger charge is -2.18. The summed E-state index contributed by atoms with van der Waals surface area (Å²) in [6.07, 6.45) is 0. The average Bonchev–Trinajstić information content (AvgIpc) is 2.78. The highest BCUT2D eigenvalue weighted by molar-refractivity contribution is 7.13. The Kier molecular flexibility index (Phi) is 3.21. The maximum Gasteiger partial charge on any atom is 0.204 e. The molecule has 0 bridgehead atoms. The molecule has 0 saturated heterocycles. The minimum absolute atomic E-state index is 0.0833. The number of fused-ring (bicyclic) bond motifs is 1. The van der Waals surface area contributed by atoms with E-state index in [9.17, 15) is 4.79 Å². The van der Waals surface area contributed by atoms with Gasteiger partial charge in [0.2, 0.25) is 5.78 Å². The van der Waals surface area contributed by atoms with Crippen molar-refractivity contribution in [1.82, 2.24) is 0 Å². The first-order valence-electron chi connectivity index (χ1n) is 5.85. The molecule has 98 valence electrons. The molecule has 5 heteroatoms. The number of hydrogen-bond donors (Lipinski definition) is 0. The van der Waals surface area contributed by atoms with Crippen molar-refractivity contribution < 1.29 is 14.3 Å². The molecule has 2 aromatic rings. The second-order valence-corrected chi connectivity index (χ2v) is 5.51. The topological polar surface area (TPSA) is 35.5 Å². The van der Waals surface area contributed by atoms with E-state index in [4.69, 9.17) is 21.1 Å². The van der Waals surface area contributed by atoms with Crippen LogP contribution in [-0.2, 0) is 0 Å². The first-order chi connectivity index (χ1) is 9.16. The number of aryl methyl sites for hydroxylation is 1. The molecule has 0 aliphatic carbocycles. The Balaban J connectivity index is 1.98. The van der Waals surface area contributed by atoms with Crippen molar-refractivity contribution in [3.8, 4) is 11.5 Å². The van der Waals surface area contributed by atoms with Gasteiger partial charge in [-0.3, -0.25) is 4.79 Å². The molecule has 2 heterocycles. The highest BCUT2D eigenvalue weighted by Crippen LogP contribution is 2.34. The van der Waals surface area contributed by atoms with Gasteiger partial charge in [0, 0.05) is 5.56 Å². The smallest absolute Gasteiger partial charge is 0.204 e. The Labute approximate surface area is 119 Å². The highest BCUT2D eigenvalue weighted by atomic mass is 35.5. The zero-order chi connectivity index (χ0) is 13.4. The standard InChI is InChI=1S/C14H11ClO3S/c1-8-7-19-14(12(8)15)13(16)9-2-3-10-11(6-9)18-5-4-17-10/h2-3,6-7H,4-5H2,1H3. The summed E-state index contributed by atoms with van der Waals surface area (Å²) in [6.45, 7) is 2.93. The molecule has 3 rings (SSSR count). The van der Waals surface area contributed by atoms with Crippen LogP contribution in [-0.4, -0.2) is 19.0 Å². The summed E-state index contributed by atoms with van der Waals surface area (Å²) in [4.78, 5) is 13.0. The van der Waals surface area contributed by atoms with E-state index in [2.05, 4.69) is 0 Å². The third-order valence-electron chi connectivity index (χ3n) is 2.91. The molecule has 0 N–H and O–H groups in total. The second kappa shape index (κ2) is 4.87. The van der Waals surface area contributed by atoms with Crippen molar-refractivity contribution in [2.24, 2.45) is 0 Å². The summed E-state index contributed by atoms with van der Waals surface area (Å²) in [7, 11) is 0. The average molecular weight is 295 g/mol. The molecule has 0 saturated carbocycles. The third-order valence-corrected chi connectivity index (χ3v) is 4.61. The molecule has 1 aliphatic heterocycles. The van der Waals surface area contributed by atoms with E-state index in [1.54, 1.807) is 18.2 Å². The van der Waals surface area contributed by atoms with E-state index in [1.165, 1.54) is 11.3 Å². The lowest BCUT2D eigenvalue weighted by Crippen LogP contribution is -2.15. The Morgan fingerprint density at radius 3 is 2.68 bits per heavy atom. The molecule has 0 spiro atoms. The number of halogens is 1. The molecule has 0 amide bonds. The predicted molar refractivity (Wildman–Crippen MR) is 74.9 cm³/mol. The van der Waals surface area contributed by atoms with Crippen molar-refractivity contribution in [1.29, 1.82) is 0 Å². The van der Waals surface area contributed by atoms with E-state index in [-0.39, 0.29) is 5.78 Å². The largest absolute Gasteiger partial charge is 0.486 e. The van der Waals surface area contributed by atoms with E-state index < -0.39 is 0 Å². The highest BCUT2D eigenvalue weighted by Gasteiger charge is 2.19. The van der Waals surface area contributed by atoms with E-state index in [0.29, 0.717) is 40.2 Å². The molecule has 19 heavy (non-hydrogen) atoms. The van der Waals surface area contributed by atoms with Crippen LogP contribution < -0.4 is 9.47 Å². The Morgan fingerprint density at radius 2 is 2.00 bits per heavy atom. The lowest BCUT2D eigenvalue weighted by molar-refractivity contribution is 0.104. The number of benzene rings is 1. The summed E-state index contributed by atoms with van der Waals surface area (Å²) in [5.74, 6) is 1.21. The van der Waals surface area contributed by atoms with E-state index in [0.717, 1.165) is 5.56 Å². The van der Waals surface area contributed by atoms with Gasteiger partial charge in [-0.25, -0.2) is 0 Å². The predicted octanol–water partition coefficient (Wildman–Crippen LogP) is 3.71. The van der Waals surface area contributed by atoms with Gasteiger partial charge < -0.3 is 9.47 Å². The summed E-state index contributed by atoms with van der Waals surface area (Å²) in [6, 6.07) is 5.21. The van der Waals surface area contributed by atoms with Gasteiger partial charge in [-0.1, -0.05) is 11.6 Å². The van der Waals surface area contributed by atoms with Crippen molar-refractivity contribution in [2.75, 3.05) is 13.2 Å². The molecule has 0 unspecified atom stereocenters. The fraction of sp³-hybridized carbons (Fsp3) is 0.214. The number of ketones is 1. The molecule has 3 nitrogen and oxygen atoms in total. The lowest BCUT2D eigenvalue weighted by atomic mass is 10.1. The van der Waals surface area contributed by atoms with Crippen LogP contribution in [0.1, 0.15) is 20.8 Å². The minimum atomic E-state index is -0.0833. The van der Waals surface area contributed by atoms with Crippen molar-refractivity contribution in [2.45, 2.75) is 6.92 Å². The van der Waals surface area contributed by atoms with Gasteiger partial charge in [0.15, 0.2) is 11.5 Å². The van der Waals surface area contributed by atoms with E-state index in [1.807, 2.05) is 12.3 Å². The summed E-state index contributed by atoms with van der Waals surface area (Å²) in [5, 5.41) is 2.41. The molecular formula is C14H11ClO3S. The molecule has 0 atom stereocenters. The quantitative estimate of drug-likeness (QED) is 0.792. The van der Waals surface area contributed by atoms with Gasteiger partial charge >= 0.3 is 0 Å². The van der Waals surface area contributed by atoms with Gasteiger partial charge in [0.05, 0.1) is 9.90 Å². The molecular weight excluding hydrogens is 284 g/mol. The van der Waals surface area contributed by atoms with Crippen LogP contribution in [0, 0.1) is 6.92 Å². The number of rotatable bonds is 2. The van der Waals surface area contributed by atoms with Crippen molar-refractivity contribution >= 4 is 28.7 Å². The van der Waals surface area contributed by atoms with Gasteiger partial charge in [-0.15, -0.1) is 11.3 Å². The van der Waals surface area contributed by atoms with Gasteiger partial charge in [-0.2, -0.15) is 0 Å². The molecule has 0 radical (unpaired) electrons. The van der Waals surface area contributed by atoms with Crippen LogP contribution >= 0.6 is 22.9 Å². The Hall–Kier alpha value is -1.52. The normalized spacial score (nSPS) is 13.4. The van der Waals surface area contributed by atoms with Crippen LogP contribution in [0.2, 0.25) is 5.02 Å². The van der Waals surface area contributed by atoms with Crippen LogP contribution in [0.15, 0.2) is 23.6 Å². The Bertz CT molecular complexity index is 648. The van der Waals surface area contributed by atoms with Crippen LogP contribution in [0.5, 0.6) is 11.5 Å². The Morgan fingerprint density at radius 1 is 1.26 bits per heavy atom. The summed E-state index contributed by atoms with van der Waals surface area (Å²) < 4.78 is 10.9. The van der Waals surface area contributed by atoms with Crippen LogP contribution in [0.25, 0.3) is 0 Å². The summed E-state index contributed by atoms with van der Waals surface area (Å²) >= 11 is 7.49. The molecule has 0 fully saturated rings. The monoisotopic (exact) mass is 294 g/mol. The van der Waals surface area contributed by atoms with Gasteiger partial charge in [0.1, 0.15) is 13.2 Å². The zero-order valence-corrected chi connectivity index (χ0v) is 11.8. The number of carbonyl (C=O) groups is 1. The fourth-order valence-electron chi connectivity index (χ4n) is 1.90. The SMILES string of the molecule is Cc1csc(C(=O)c2ccc3c(c2)OCCO3)c1Cl. The van der Waals surface area contributed by atoms with Gasteiger partial charge in [-0.05, 0) is 36.1 Å². The van der Waals surface area contributed by atoms with Crippen LogP contribution in [0.4, 0.5) is 0 Å². The second-order valence-electron chi connectivity index (χ2n) is 4.25. The van der Waals surface area contributed by atoms with Crippen molar-refractivity contribution in [3.05, 3.63) is 44.6 Å². The first-order valence-corrected chi connectivity index (χ1v) is 7.10. The molecule has 1 aromatic heterocycles. The van der Waals surface area contributed by atoms with Crippen LogP contribution in [0.3, 0.4) is 0 Å². The third kappa shape index (κ3) is 2.22. The summed E-state index contributed by atoms with van der Waals surface area (Å²) in [5.41, 5.74) is 1.49.